The largest absolute Gasteiger partial charge is 0.469 e. The van der Waals surface area contributed by atoms with Crippen LogP contribution in [0.25, 0.3) is 10.8 Å². The summed E-state index contributed by atoms with van der Waals surface area (Å²) in [6.07, 6.45) is 2.83. The van der Waals surface area contributed by atoms with Gasteiger partial charge >= 0.3 is 0 Å². The maximum atomic E-state index is 5.46. The molecule has 2 heteroatoms. The first-order chi connectivity index (χ1) is 10.3. The number of hydrogen-bond acceptors (Lipinski definition) is 2. The van der Waals surface area contributed by atoms with Crippen LogP contribution >= 0.6 is 0 Å². The van der Waals surface area contributed by atoms with Crippen LogP contribution in [0.2, 0.25) is 0 Å². The minimum Gasteiger partial charge on any atom is -0.469 e. The van der Waals surface area contributed by atoms with Crippen molar-refractivity contribution in [1.29, 1.82) is 0 Å². The summed E-state index contributed by atoms with van der Waals surface area (Å²) in [7, 11) is 0. The highest BCUT2D eigenvalue weighted by Crippen LogP contribution is 2.23. The Morgan fingerprint density at radius 3 is 2.57 bits per heavy atom. The zero-order valence-electron chi connectivity index (χ0n) is 12.6. The molecule has 0 aliphatic carbocycles. The second-order valence-corrected chi connectivity index (χ2v) is 5.49. The first kappa shape index (κ1) is 13.9. The van der Waals surface area contributed by atoms with Crippen LogP contribution < -0.4 is 5.32 Å². The van der Waals surface area contributed by atoms with E-state index in [9.17, 15) is 0 Å². The predicted octanol–water partition coefficient (Wildman–Crippen LogP) is 4.63. The molecule has 3 rings (SSSR count). The molecule has 0 spiro atoms. The fourth-order valence-corrected chi connectivity index (χ4v) is 2.80. The molecule has 0 radical (unpaired) electrons. The van der Waals surface area contributed by atoms with E-state index in [0.717, 1.165) is 18.7 Å². The van der Waals surface area contributed by atoms with Crippen LogP contribution in [0.1, 0.15) is 29.9 Å². The number of furan rings is 1. The van der Waals surface area contributed by atoms with E-state index < -0.39 is 0 Å². The lowest BCUT2D eigenvalue weighted by molar-refractivity contribution is 0.511. The Morgan fingerprint density at radius 1 is 1.05 bits per heavy atom. The highest BCUT2D eigenvalue weighted by Gasteiger charge is 2.13. The third kappa shape index (κ3) is 3.17. The standard InChI is InChI=1S/C19H21NO/c1-3-20-19(18-10-14(2)21-13-18)12-15-8-9-16-6-4-5-7-17(16)11-15/h4-11,13,19-20H,3,12H2,1-2H3. The maximum absolute atomic E-state index is 5.46. The van der Waals surface area contributed by atoms with E-state index in [2.05, 4.69) is 60.8 Å². The first-order valence-corrected chi connectivity index (χ1v) is 7.52. The molecule has 1 atom stereocenters. The van der Waals surface area contributed by atoms with E-state index in [-0.39, 0.29) is 0 Å². The summed E-state index contributed by atoms with van der Waals surface area (Å²) in [4.78, 5) is 0. The average molecular weight is 279 g/mol. The van der Waals surface area contributed by atoms with Crippen molar-refractivity contribution in [2.75, 3.05) is 6.54 Å². The molecule has 0 bridgehead atoms. The Balaban J connectivity index is 1.86. The van der Waals surface area contributed by atoms with Crippen LogP contribution in [0.3, 0.4) is 0 Å². The lowest BCUT2D eigenvalue weighted by atomic mass is 9.98. The highest BCUT2D eigenvalue weighted by atomic mass is 16.3. The number of rotatable bonds is 5. The molecule has 2 aromatic carbocycles. The first-order valence-electron chi connectivity index (χ1n) is 7.52. The molecule has 21 heavy (non-hydrogen) atoms. The molecule has 2 nitrogen and oxygen atoms in total. The van der Waals surface area contributed by atoms with Gasteiger partial charge in [0.2, 0.25) is 0 Å². The van der Waals surface area contributed by atoms with Crippen LogP contribution in [0.5, 0.6) is 0 Å². The van der Waals surface area contributed by atoms with Gasteiger partial charge in [-0.3, -0.25) is 0 Å². The molecule has 108 valence electrons. The molecule has 0 aliphatic rings. The van der Waals surface area contributed by atoms with E-state index in [1.165, 1.54) is 21.9 Å². The number of hydrogen-bond donors (Lipinski definition) is 1. The second kappa shape index (κ2) is 6.15. The van der Waals surface area contributed by atoms with Crippen LogP contribution in [-0.2, 0) is 6.42 Å². The van der Waals surface area contributed by atoms with E-state index in [4.69, 9.17) is 4.42 Å². The van der Waals surface area contributed by atoms with Crippen molar-refractivity contribution in [2.24, 2.45) is 0 Å². The quantitative estimate of drug-likeness (QED) is 0.736. The van der Waals surface area contributed by atoms with Gasteiger partial charge in [-0.05, 0) is 42.3 Å². The molecule has 0 fully saturated rings. The predicted molar refractivity (Wildman–Crippen MR) is 87.5 cm³/mol. The Morgan fingerprint density at radius 2 is 1.86 bits per heavy atom. The van der Waals surface area contributed by atoms with E-state index in [1.807, 2.05) is 13.2 Å². The van der Waals surface area contributed by atoms with E-state index in [1.54, 1.807) is 0 Å². The minimum atomic E-state index is 0.300. The van der Waals surface area contributed by atoms with Crippen molar-refractivity contribution in [3.63, 3.8) is 0 Å². The van der Waals surface area contributed by atoms with Crippen molar-refractivity contribution in [1.82, 2.24) is 5.32 Å². The molecule has 1 N–H and O–H groups in total. The third-order valence-electron chi connectivity index (χ3n) is 3.86. The van der Waals surface area contributed by atoms with Crippen molar-refractivity contribution >= 4 is 10.8 Å². The van der Waals surface area contributed by atoms with E-state index in [0.29, 0.717) is 6.04 Å². The molecule has 1 heterocycles. The Hall–Kier alpha value is -2.06. The van der Waals surface area contributed by atoms with Crippen LogP contribution in [0, 0.1) is 6.92 Å². The Kier molecular flexibility index (Phi) is 4.07. The van der Waals surface area contributed by atoms with Crippen LogP contribution in [0.4, 0.5) is 0 Å². The summed E-state index contributed by atoms with van der Waals surface area (Å²) in [5.41, 5.74) is 2.57. The van der Waals surface area contributed by atoms with Crippen LogP contribution in [-0.4, -0.2) is 6.54 Å². The van der Waals surface area contributed by atoms with Gasteiger partial charge in [0, 0.05) is 11.6 Å². The SMILES string of the molecule is CCNC(Cc1ccc2ccccc2c1)c1coc(C)c1. The number of aryl methyl sites for hydroxylation is 1. The number of benzene rings is 2. The summed E-state index contributed by atoms with van der Waals surface area (Å²) < 4.78 is 5.46. The fraction of sp³-hybridized carbons (Fsp3) is 0.263. The summed E-state index contributed by atoms with van der Waals surface area (Å²) in [6, 6.07) is 17.6. The molecular weight excluding hydrogens is 258 g/mol. The molecule has 1 unspecified atom stereocenters. The van der Waals surface area contributed by atoms with Gasteiger partial charge in [0.05, 0.1) is 6.26 Å². The number of likely N-dealkylation sites (N-methyl/N-ethyl adjacent to an activating group) is 1. The normalized spacial score (nSPS) is 12.7. The summed E-state index contributed by atoms with van der Waals surface area (Å²) in [5, 5.41) is 6.14. The molecule has 0 aliphatic heterocycles. The summed E-state index contributed by atoms with van der Waals surface area (Å²) >= 11 is 0. The van der Waals surface area contributed by atoms with Crippen LogP contribution in [0.15, 0.2) is 59.2 Å². The monoisotopic (exact) mass is 279 g/mol. The molecular formula is C19H21NO. The van der Waals surface area contributed by atoms with Gasteiger partial charge in [-0.25, -0.2) is 0 Å². The number of fused-ring (bicyclic) bond motifs is 1. The van der Waals surface area contributed by atoms with Gasteiger partial charge in [-0.15, -0.1) is 0 Å². The molecule has 1 aromatic heterocycles. The minimum absolute atomic E-state index is 0.300. The van der Waals surface area contributed by atoms with Crippen molar-refractivity contribution in [3.8, 4) is 0 Å². The topological polar surface area (TPSA) is 25.2 Å². The average Bonchev–Trinajstić information content (AvgIpc) is 2.93. The molecule has 0 saturated heterocycles. The van der Waals surface area contributed by atoms with Gasteiger partial charge < -0.3 is 9.73 Å². The fourth-order valence-electron chi connectivity index (χ4n) is 2.80. The molecule has 0 saturated carbocycles. The van der Waals surface area contributed by atoms with Gasteiger partial charge in [-0.1, -0.05) is 49.4 Å². The van der Waals surface area contributed by atoms with Gasteiger partial charge in [0.15, 0.2) is 0 Å². The second-order valence-electron chi connectivity index (χ2n) is 5.49. The maximum Gasteiger partial charge on any atom is 0.101 e. The Labute approximate surface area is 125 Å². The molecule has 0 amide bonds. The zero-order valence-corrected chi connectivity index (χ0v) is 12.6. The lowest BCUT2D eigenvalue weighted by Crippen LogP contribution is -2.22. The highest BCUT2D eigenvalue weighted by molar-refractivity contribution is 5.83. The van der Waals surface area contributed by atoms with Crippen molar-refractivity contribution in [3.05, 3.63) is 71.7 Å². The summed E-state index contributed by atoms with van der Waals surface area (Å²) in [6.45, 7) is 5.07. The van der Waals surface area contributed by atoms with Crippen molar-refractivity contribution < 1.29 is 4.42 Å². The van der Waals surface area contributed by atoms with E-state index >= 15 is 0 Å². The molecule has 3 aromatic rings. The van der Waals surface area contributed by atoms with Gasteiger partial charge in [0.1, 0.15) is 5.76 Å². The number of nitrogens with one attached hydrogen (secondary N) is 1. The van der Waals surface area contributed by atoms with Gasteiger partial charge in [0.25, 0.3) is 0 Å². The summed E-state index contributed by atoms with van der Waals surface area (Å²) in [5.74, 6) is 0.964. The Bertz CT molecular complexity index is 729. The van der Waals surface area contributed by atoms with Gasteiger partial charge in [-0.2, -0.15) is 0 Å². The lowest BCUT2D eigenvalue weighted by Gasteiger charge is -2.16. The zero-order chi connectivity index (χ0) is 14.7. The smallest absolute Gasteiger partial charge is 0.101 e. The third-order valence-corrected chi connectivity index (χ3v) is 3.86. The van der Waals surface area contributed by atoms with Crippen molar-refractivity contribution in [2.45, 2.75) is 26.3 Å².